The summed E-state index contributed by atoms with van der Waals surface area (Å²) in [5.41, 5.74) is -1.02. The number of alkyl halides is 3. The maximum absolute atomic E-state index is 13.7. The Labute approximate surface area is 224 Å². The van der Waals surface area contributed by atoms with Crippen LogP contribution in [0.5, 0.6) is 0 Å². The van der Waals surface area contributed by atoms with Gasteiger partial charge >= 0.3 is 6.18 Å². The largest absolute Gasteiger partial charge is 0.416 e. The summed E-state index contributed by atoms with van der Waals surface area (Å²) in [4.78, 5) is 27.2. The molecule has 0 aliphatic carbocycles. The Morgan fingerprint density at radius 3 is 2.18 bits per heavy atom. The van der Waals surface area contributed by atoms with Crippen LogP contribution in [0.15, 0.2) is 83.8 Å². The van der Waals surface area contributed by atoms with Gasteiger partial charge < -0.3 is 10.2 Å². The summed E-state index contributed by atoms with van der Waals surface area (Å²) in [5.74, 6) is -1.89. The minimum atomic E-state index is -4.76. The summed E-state index contributed by atoms with van der Waals surface area (Å²) < 4.78 is 81.6. The monoisotopic (exact) mass is 565 g/mol. The predicted octanol–water partition coefficient (Wildman–Crippen LogP) is 4.59. The van der Waals surface area contributed by atoms with E-state index in [1.54, 1.807) is 13.0 Å². The summed E-state index contributed by atoms with van der Waals surface area (Å²) in [7, 11) is -4.51. The molecule has 3 aromatic rings. The molecule has 0 unspecified atom stereocenters. The number of hydrogen-bond donors (Lipinski definition) is 1. The number of benzene rings is 3. The maximum Gasteiger partial charge on any atom is 0.416 e. The van der Waals surface area contributed by atoms with Gasteiger partial charge in [0.15, 0.2) is 0 Å². The first-order chi connectivity index (χ1) is 18.3. The van der Waals surface area contributed by atoms with Crippen LogP contribution >= 0.6 is 0 Å². The van der Waals surface area contributed by atoms with Crippen LogP contribution in [0.2, 0.25) is 0 Å². The molecule has 39 heavy (non-hydrogen) atoms. The first kappa shape index (κ1) is 29.6. The van der Waals surface area contributed by atoms with Gasteiger partial charge in [0.05, 0.1) is 16.1 Å². The molecule has 0 saturated carbocycles. The molecule has 0 bridgehead atoms. The number of likely N-dealkylation sites (N-methyl/N-ethyl adjacent to an activating group) is 1. The number of carbonyl (C=O) groups is 2. The second-order valence-corrected chi connectivity index (χ2v) is 10.5. The van der Waals surface area contributed by atoms with Crippen LogP contribution in [0.4, 0.5) is 23.2 Å². The van der Waals surface area contributed by atoms with E-state index >= 15 is 0 Å². The molecule has 0 aromatic heterocycles. The Morgan fingerprint density at radius 2 is 1.59 bits per heavy atom. The number of carbonyl (C=O) groups excluding carboxylic acids is 2. The van der Waals surface area contributed by atoms with Crippen LogP contribution in [0.25, 0.3) is 0 Å². The average molecular weight is 566 g/mol. The smallest absolute Gasteiger partial charge is 0.355 e. The summed E-state index contributed by atoms with van der Waals surface area (Å²) in [6.07, 6.45) is -4.76. The summed E-state index contributed by atoms with van der Waals surface area (Å²) in [6.45, 7) is 2.30. The van der Waals surface area contributed by atoms with Gasteiger partial charge in [-0.1, -0.05) is 36.4 Å². The Balaban J connectivity index is 2.07. The summed E-state index contributed by atoms with van der Waals surface area (Å²) >= 11 is 0. The van der Waals surface area contributed by atoms with E-state index in [9.17, 15) is 35.6 Å². The third-order valence-corrected chi connectivity index (χ3v) is 7.64. The first-order valence-electron chi connectivity index (χ1n) is 11.9. The molecule has 3 rings (SSSR count). The van der Waals surface area contributed by atoms with Crippen LogP contribution in [-0.2, 0) is 32.3 Å². The highest BCUT2D eigenvalue weighted by atomic mass is 32.2. The lowest BCUT2D eigenvalue weighted by Crippen LogP contribution is -2.51. The van der Waals surface area contributed by atoms with E-state index in [4.69, 9.17) is 0 Å². The van der Waals surface area contributed by atoms with Crippen molar-refractivity contribution in [3.05, 3.63) is 95.8 Å². The van der Waals surface area contributed by atoms with E-state index < -0.39 is 52.0 Å². The average Bonchev–Trinajstić information content (AvgIpc) is 2.91. The zero-order valence-corrected chi connectivity index (χ0v) is 22.0. The van der Waals surface area contributed by atoms with Gasteiger partial charge in [-0.15, -0.1) is 0 Å². The van der Waals surface area contributed by atoms with Crippen LogP contribution in [0.1, 0.15) is 25.0 Å². The molecule has 0 radical (unpaired) electrons. The van der Waals surface area contributed by atoms with Crippen molar-refractivity contribution >= 4 is 27.5 Å². The SMILES string of the molecule is CCNC(=O)[C@@H](C)N(Cc1ccc(F)cc1)C(=O)CN(c1cccc(C(F)(F)F)c1)S(=O)(=O)c1ccccc1. The fourth-order valence-electron chi connectivity index (χ4n) is 3.78. The van der Waals surface area contributed by atoms with Gasteiger partial charge in [0.1, 0.15) is 18.4 Å². The van der Waals surface area contributed by atoms with Gasteiger partial charge in [0, 0.05) is 13.1 Å². The fraction of sp³-hybridized carbons (Fsp3) is 0.259. The Bertz CT molecular complexity index is 1400. The molecule has 3 aromatic carbocycles. The second-order valence-electron chi connectivity index (χ2n) is 8.59. The fourth-order valence-corrected chi connectivity index (χ4v) is 5.20. The molecule has 1 atom stereocenters. The van der Waals surface area contributed by atoms with Gasteiger partial charge in [-0.3, -0.25) is 13.9 Å². The third-order valence-electron chi connectivity index (χ3n) is 5.86. The lowest BCUT2D eigenvalue weighted by atomic mass is 10.1. The molecule has 0 spiro atoms. The van der Waals surface area contributed by atoms with Gasteiger partial charge in [-0.25, -0.2) is 12.8 Å². The Kier molecular flexibility index (Phi) is 9.33. The molecule has 0 fully saturated rings. The summed E-state index contributed by atoms with van der Waals surface area (Å²) in [6, 6.07) is 14.7. The Morgan fingerprint density at radius 1 is 0.949 bits per heavy atom. The van der Waals surface area contributed by atoms with Crippen molar-refractivity contribution in [2.75, 3.05) is 17.4 Å². The minimum absolute atomic E-state index is 0.181. The standard InChI is InChI=1S/C27H27F4N3O4S/c1-3-32-26(36)19(2)33(17-20-12-14-22(28)15-13-20)25(35)18-34(39(37,38)24-10-5-4-6-11-24)23-9-7-8-21(16-23)27(29,30)31/h4-16,19H,3,17-18H2,1-2H3,(H,32,36)/t19-/m1/s1. The molecule has 1 N–H and O–H groups in total. The van der Waals surface area contributed by atoms with Crippen molar-refractivity contribution in [1.82, 2.24) is 10.2 Å². The van der Waals surface area contributed by atoms with Gasteiger partial charge in [-0.05, 0) is 61.9 Å². The van der Waals surface area contributed by atoms with Crippen molar-refractivity contribution in [3.8, 4) is 0 Å². The molecule has 208 valence electrons. The normalized spacial score (nSPS) is 12.5. The Hall–Kier alpha value is -3.93. The minimum Gasteiger partial charge on any atom is -0.355 e. The topological polar surface area (TPSA) is 86.8 Å². The van der Waals surface area contributed by atoms with Crippen LogP contribution in [0.3, 0.4) is 0 Å². The van der Waals surface area contributed by atoms with Crippen molar-refractivity contribution < 1.29 is 35.6 Å². The molecular weight excluding hydrogens is 538 g/mol. The molecule has 0 aliphatic rings. The zero-order chi connectivity index (χ0) is 28.8. The molecule has 2 amide bonds. The quantitative estimate of drug-likeness (QED) is 0.365. The number of amides is 2. The maximum atomic E-state index is 13.7. The van der Waals surface area contributed by atoms with E-state index in [0.29, 0.717) is 15.9 Å². The van der Waals surface area contributed by atoms with E-state index in [2.05, 4.69) is 5.32 Å². The van der Waals surface area contributed by atoms with Gasteiger partial charge in [0.2, 0.25) is 11.8 Å². The lowest BCUT2D eigenvalue weighted by Gasteiger charge is -2.32. The number of hydrogen-bond acceptors (Lipinski definition) is 4. The highest BCUT2D eigenvalue weighted by Gasteiger charge is 2.35. The van der Waals surface area contributed by atoms with E-state index in [-0.39, 0.29) is 23.7 Å². The molecule has 7 nitrogen and oxygen atoms in total. The van der Waals surface area contributed by atoms with Crippen molar-refractivity contribution in [2.24, 2.45) is 0 Å². The molecule has 0 heterocycles. The second kappa shape index (κ2) is 12.3. The highest BCUT2D eigenvalue weighted by Crippen LogP contribution is 2.33. The highest BCUT2D eigenvalue weighted by molar-refractivity contribution is 7.92. The van der Waals surface area contributed by atoms with E-state index in [1.165, 1.54) is 55.5 Å². The number of sulfonamides is 1. The zero-order valence-electron chi connectivity index (χ0n) is 21.2. The van der Waals surface area contributed by atoms with Crippen molar-refractivity contribution in [1.29, 1.82) is 0 Å². The van der Waals surface area contributed by atoms with Crippen LogP contribution in [0, 0.1) is 5.82 Å². The molecule has 12 heteroatoms. The van der Waals surface area contributed by atoms with Gasteiger partial charge in [-0.2, -0.15) is 13.2 Å². The number of halogens is 4. The molecule has 0 saturated heterocycles. The van der Waals surface area contributed by atoms with Crippen LogP contribution in [-0.4, -0.2) is 44.3 Å². The third kappa shape index (κ3) is 7.34. The first-order valence-corrected chi connectivity index (χ1v) is 13.3. The molecule has 0 aliphatic heterocycles. The number of nitrogens with one attached hydrogen (secondary N) is 1. The summed E-state index contributed by atoms with van der Waals surface area (Å²) in [5, 5.41) is 2.59. The van der Waals surface area contributed by atoms with Crippen molar-refractivity contribution in [2.45, 2.75) is 37.5 Å². The number of anilines is 1. The van der Waals surface area contributed by atoms with E-state index in [1.807, 2.05) is 0 Å². The molecular formula is C27H27F4N3O4S. The number of nitrogens with zero attached hydrogens (tertiary/aromatic N) is 2. The van der Waals surface area contributed by atoms with Crippen LogP contribution < -0.4 is 9.62 Å². The van der Waals surface area contributed by atoms with E-state index in [0.717, 1.165) is 23.1 Å². The van der Waals surface area contributed by atoms with Crippen molar-refractivity contribution in [3.63, 3.8) is 0 Å². The lowest BCUT2D eigenvalue weighted by molar-refractivity contribution is -0.139. The number of rotatable bonds is 10. The van der Waals surface area contributed by atoms with Gasteiger partial charge in [0.25, 0.3) is 10.0 Å². The predicted molar refractivity (Wildman–Crippen MR) is 138 cm³/mol.